The van der Waals surface area contributed by atoms with Crippen LogP contribution in [-0.4, -0.2) is 16.4 Å². The fourth-order valence-corrected chi connectivity index (χ4v) is 3.98. The largest absolute Gasteiger partial charge is 0.346 e. The highest BCUT2D eigenvalue weighted by Crippen LogP contribution is 2.26. The molecule has 28 heavy (non-hydrogen) atoms. The fraction of sp³-hybridized carbons (Fsp3) is 0.304. The van der Waals surface area contributed by atoms with Gasteiger partial charge in [-0.15, -0.1) is 0 Å². The van der Waals surface area contributed by atoms with Crippen molar-refractivity contribution >= 4 is 28.4 Å². The molecule has 0 spiro atoms. The first-order chi connectivity index (χ1) is 13.3. The highest BCUT2D eigenvalue weighted by Gasteiger charge is 2.29. The van der Waals surface area contributed by atoms with E-state index in [0.717, 1.165) is 12.0 Å². The topological polar surface area (TPSA) is 42.0 Å². The van der Waals surface area contributed by atoms with E-state index in [9.17, 15) is 9.18 Å². The Labute approximate surface area is 169 Å². The molecular formula is C23H24ClFN2O. The van der Waals surface area contributed by atoms with Gasteiger partial charge in [0, 0.05) is 10.9 Å². The van der Waals surface area contributed by atoms with Gasteiger partial charge in [-0.25, -0.2) is 9.37 Å². The smallest absolute Gasteiger partial charge is 0.254 e. The minimum absolute atomic E-state index is 0.00158. The predicted octanol–water partition coefficient (Wildman–Crippen LogP) is 5.80. The molecule has 1 N–H and O–H groups in total. The van der Waals surface area contributed by atoms with Crippen LogP contribution in [0.1, 0.15) is 43.1 Å². The Hall–Kier alpha value is -2.46. The zero-order chi connectivity index (χ0) is 20.3. The summed E-state index contributed by atoms with van der Waals surface area (Å²) in [6.07, 6.45) is 1.51. The number of aromatic nitrogens is 1. The van der Waals surface area contributed by atoms with E-state index in [1.54, 1.807) is 18.2 Å². The van der Waals surface area contributed by atoms with Crippen molar-refractivity contribution < 1.29 is 9.18 Å². The van der Waals surface area contributed by atoms with Crippen molar-refractivity contribution in [3.05, 3.63) is 76.7 Å². The van der Waals surface area contributed by atoms with Crippen LogP contribution in [0.25, 0.3) is 10.9 Å². The van der Waals surface area contributed by atoms with Gasteiger partial charge in [0.1, 0.15) is 16.5 Å². The number of pyridine rings is 1. The molecule has 3 nitrogen and oxygen atoms in total. The molecule has 0 bridgehead atoms. The second kappa shape index (κ2) is 8.27. The Morgan fingerprint density at radius 2 is 1.89 bits per heavy atom. The number of para-hydroxylation sites is 1. The van der Waals surface area contributed by atoms with Gasteiger partial charge in [0.2, 0.25) is 0 Å². The molecule has 146 valence electrons. The van der Waals surface area contributed by atoms with Crippen LogP contribution in [0, 0.1) is 11.7 Å². The van der Waals surface area contributed by atoms with Crippen LogP contribution in [0.3, 0.4) is 0 Å². The maximum absolute atomic E-state index is 13.9. The molecule has 0 aliphatic heterocycles. The Kier molecular flexibility index (Phi) is 5.99. The third kappa shape index (κ3) is 4.68. The number of rotatable bonds is 6. The number of benzene rings is 2. The molecule has 0 aliphatic rings. The van der Waals surface area contributed by atoms with E-state index >= 15 is 0 Å². The lowest BCUT2D eigenvalue weighted by atomic mass is 9.84. The van der Waals surface area contributed by atoms with E-state index in [1.807, 2.05) is 25.1 Å². The Bertz CT molecular complexity index is 991. The quantitative estimate of drug-likeness (QED) is 0.533. The molecule has 1 unspecified atom stereocenters. The summed E-state index contributed by atoms with van der Waals surface area (Å²) >= 11 is 6.23. The normalized spacial score (nSPS) is 13.5. The molecule has 0 fully saturated rings. The highest BCUT2D eigenvalue weighted by molar-refractivity contribution is 6.33. The molecular weight excluding hydrogens is 375 g/mol. The number of amides is 1. The molecule has 0 saturated heterocycles. The maximum atomic E-state index is 13.9. The number of nitrogens with one attached hydrogen (secondary N) is 1. The second-order valence-corrected chi connectivity index (χ2v) is 8.27. The Morgan fingerprint density at radius 3 is 2.57 bits per heavy atom. The van der Waals surface area contributed by atoms with Gasteiger partial charge in [-0.1, -0.05) is 67.9 Å². The van der Waals surface area contributed by atoms with E-state index in [1.165, 1.54) is 6.07 Å². The van der Waals surface area contributed by atoms with E-state index < -0.39 is 11.4 Å². The summed E-state index contributed by atoms with van der Waals surface area (Å²) in [6.45, 7) is 6.30. The van der Waals surface area contributed by atoms with Crippen LogP contribution in [0.5, 0.6) is 0 Å². The molecule has 3 rings (SSSR count). The fourth-order valence-electron chi connectivity index (χ4n) is 3.76. The van der Waals surface area contributed by atoms with Gasteiger partial charge in [-0.05, 0) is 43.4 Å². The van der Waals surface area contributed by atoms with Crippen LogP contribution < -0.4 is 5.32 Å². The zero-order valence-electron chi connectivity index (χ0n) is 16.3. The van der Waals surface area contributed by atoms with Gasteiger partial charge >= 0.3 is 0 Å². The lowest BCUT2D eigenvalue weighted by Gasteiger charge is -2.33. The molecule has 2 aromatic carbocycles. The molecule has 5 heteroatoms. The lowest BCUT2D eigenvalue weighted by molar-refractivity contribution is 0.0894. The van der Waals surface area contributed by atoms with E-state index in [2.05, 4.69) is 36.3 Å². The number of hydrogen-bond acceptors (Lipinski definition) is 2. The van der Waals surface area contributed by atoms with Crippen LogP contribution in [0.2, 0.25) is 5.15 Å². The monoisotopic (exact) mass is 398 g/mol. The minimum Gasteiger partial charge on any atom is -0.346 e. The third-order valence-electron chi connectivity index (χ3n) is 4.71. The first kappa shape index (κ1) is 20.3. The van der Waals surface area contributed by atoms with Gasteiger partial charge < -0.3 is 5.32 Å². The van der Waals surface area contributed by atoms with Gasteiger partial charge in [0.25, 0.3) is 5.91 Å². The highest BCUT2D eigenvalue weighted by atomic mass is 35.5. The third-order valence-corrected chi connectivity index (χ3v) is 4.99. The van der Waals surface area contributed by atoms with Gasteiger partial charge in [0.05, 0.1) is 5.56 Å². The van der Waals surface area contributed by atoms with Crippen molar-refractivity contribution in [1.29, 1.82) is 0 Å². The standard InChI is InChI=1S/C23H24ClFN2O/c1-15(2)13-23(3,14-16-8-5-4-6-9-16)27-22(28)18-12-17-10-7-11-19(25)20(17)26-21(18)24/h4-12,15H,13-14H2,1-3H3,(H,27,28). The molecule has 3 aromatic rings. The summed E-state index contributed by atoms with van der Waals surface area (Å²) in [5.74, 6) is -0.365. The number of fused-ring (bicyclic) bond motifs is 1. The van der Waals surface area contributed by atoms with Crippen molar-refractivity contribution in [2.75, 3.05) is 0 Å². The molecule has 1 amide bonds. The van der Waals surface area contributed by atoms with Gasteiger partial charge in [-0.3, -0.25) is 4.79 Å². The molecule has 1 aromatic heterocycles. The zero-order valence-corrected chi connectivity index (χ0v) is 17.1. The first-order valence-electron chi connectivity index (χ1n) is 9.38. The molecule has 1 atom stereocenters. The molecule has 1 heterocycles. The van der Waals surface area contributed by atoms with Crippen molar-refractivity contribution in [2.24, 2.45) is 5.92 Å². The van der Waals surface area contributed by atoms with Crippen LogP contribution >= 0.6 is 11.6 Å². The predicted molar refractivity (Wildman–Crippen MR) is 112 cm³/mol. The Balaban J connectivity index is 1.91. The van der Waals surface area contributed by atoms with Crippen molar-refractivity contribution in [3.8, 4) is 0 Å². The molecule has 0 aliphatic carbocycles. The number of carbonyl (C=O) groups is 1. The number of hydrogen-bond donors (Lipinski definition) is 1. The van der Waals surface area contributed by atoms with E-state index in [4.69, 9.17) is 11.6 Å². The van der Waals surface area contributed by atoms with Crippen LogP contribution in [0.4, 0.5) is 4.39 Å². The van der Waals surface area contributed by atoms with E-state index in [-0.39, 0.29) is 22.1 Å². The second-order valence-electron chi connectivity index (χ2n) is 7.91. The summed E-state index contributed by atoms with van der Waals surface area (Å²) in [7, 11) is 0. The summed E-state index contributed by atoms with van der Waals surface area (Å²) in [5.41, 5.74) is 1.11. The minimum atomic E-state index is -0.458. The summed E-state index contributed by atoms with van der Waals surface area (Å²) in [4.78, 5) is 17.2. The van der Waals surface area contributed by atoms with Crippen LogP contribution in [0.15, 0.2) is 54.6 Å². The lowest BCUT2D eigenvalue weighted by Crippen LogP contribution is -2.48. The Morgan fingerprint density at radius 1 is 1.18 bits per heavy atom. The summed E-state index contributed by atoms with van der Waals surface area (Å²) < 4.78 is 13.9. The summed E-state index contributed by atoms with van der Waals surface area (Å²) in [5, 5.41) is 3.70. The van der Waals surface area contributed by atoms with Crippen LogP contribution in [-0.2, 0) is 6.42 Å². The van der Waals surface area contributed by atoms with Gasteiger partial charge in [-0.2, -0.15) is 0 Å². The average molecular weight is 399 g/mol. The SMILES string of the molecule is CC(C)CC(C)(Cc1ccccc1)NC(=O)c1cc2cccc(F)c2nc1Cl. The number of nitrogens with zero attached hydrogens (tertiary/aromatic N) is 1. The summed E-state index contributed by atoms with van der Waals surface area (Å²) in [6, 6.07) is 16.3. The number of carbonyl (C=O) groups excluding carboxylic acids is 1. The van der Waals surface area contributed by atoms with E-state index in [0.29, 0.717) is 17.7 Å². The van der Waals surface area contributed by atoms with Crippen molar-refractivity contribution in [2.45, 2.75) is 39.2 Å². The molecule has 0 radical (unpaired) electrons. The average Bonchev–Trinajstić information content (AvgIpc) is 2.61. The van der Waals surface area contributed by atoms with Crippen molar-refractivity contribution in [1.82, 2.24) is 10.3 Å². The van der Waals surface area contributed by atoms with Crippen molar-refractivity contribution in [3.63, 3.8) is 0 Å². The first-order valence-corrected chi connectivity index (χ1v) is 9.76. The number of halogens is 2. The molecule has 0 saturated carbocycles. The van der Waals surface area contributed by atoms with Gasteiger partial charge in [0.15, 0.2) is 0 Å². The maximum Gasteiger partial charge on any atom is 0.254 e.